The number of nitrogens with one attached hydrogen (secondary N) is 3. The Hall–Kier alpha value is -4.74. The minimum absolute atomic E-state index is 0.0358. The Kier molecular flexibility index (Phi) is 10.7. The van der Waals surface area contributed by atoms with E-state index in [0.29, 0.717) is 27.4 Å². The Balaban J connectivity index is 1.29. The Morgan fingerprint density at radius 3 is 2.41 bits per heavy atom. The molecule has 11 heteroatoms. The van der Waals surface area contributed by atoms with Gasteiger partial charge in [-0.3, -0.25) is 14.4 Å². The number of fused-ring (bicyclic) bond motifs is 1. The SMILES string of the molecule is COC(=O)c1c(NC(=O)C(C)Sc2cccc(NC(=O)/C(=C/c3ccc(F)cc3)NC(=O)c3ccccc3)c2)sc2c1CCCC2. The van der Waals surface area contributed by atoms with Crippen LogP contribution in [0.25, 0.3) is 6.08 Å². The van der Waals surface area contributed by atoms with Gasteiger partial charge in [0.1, 0.15) is 16.5 Å². The summed E-state index contributed by atoms with van der Waals surface area (Å²) in [5.41, 5.74) is 2.71. The molecule has 0 bridgehead atoms. The average molecular weight is 658 g/mol. The Labute approximate surface area is 274 Å². The lowest BCUT2D eigenvalue weighted by molar-refractivity contribution is -0.115. The van der Waals surface area contributed by atoms with E-state index in [-0.39, 0.29) is 11.6 Å². The van der Waals surface area contributed by atoms with Crippen LogP contribution >= 0.6 is 23.1 Å². The molecule has 3 amide bonds. The number of carbonyl (C=O) groups is 4. The number of anilines is 2. The van der Waals surface area contributed by atoms with Crippen molar-refractivity contribution in [3.63, 3.8) is 0 Å². The van der Waals surface area contributed by atoms with Crippen LogP contribution in [0, 0.1) is 5.82 Å². The molecule has 46 heavy (non-hydrogen) atoms. The van der Waals surface area contributed by atoms with Gasteiger partial charge in [-0.2, -0.15) is 0 Å². The number of aryl methyl sites for hydroxylation is 1. The first-order valence-corrected chi connectivity index (χ1v) is 16.4. The lowest BCUT2D eigenvalue weighted by Crippen LogP contribution is -2.30. The Morgan fingerprint density at radius 1 is 0.935 bits per heavy atom. The summed E-state index contributed by atoms with van der Waals surface area (Å²) < 4.78 is 18.5. The van der Waals surface area contributed by atoms with E-state index in [2.05, 4.69) is 16.0 Å². The predicted octanol–water partition coefficient (Wildman–Crippen LogP) is 7.08. The predicted molar refractivity (Wildman–Crippen MR) is 180 cm³/mol. The van der Waals surface area contributed by atoms with Crippen molar-refractivity contribution < 1.29 is 28.3 Å². The Bertz CT molecular complexity index is 1790. The van der Waals surface area contributed by atoms with E-state index in [1.807, 2.05) is 6.07 Å². The number of benzene rings is 3. The van der Waals surface area contributed by atoms with Gasteiger partial charge in [0.2, 0.25) is 5.91 Å². The summed E-state index contributed by atoms with van der Waals surface area (Å²) in [5.74, 6) is -2.21. The fraction of sp³-hybridized carbons (Fsp3) is 0.200. The number of carbonyl (C=O) groups excluding carboxylic acids is 4. The van der Waals surface area contributed by atoms with Crippen LogP contribution in [0.1, 0.15) is 56.5 Å². The molecule has 1 aromatic heterocycles. The lowest BCUT2D eigenvalue weighted by atomic mass is 9.95. The van der Waals surface area contributed by atoms with Crippen LogP contribution in [0.15, 0.2) is 89.5 Å². The summed E-state index contributed by atoms with van der Waals surface area (Å²) in [7, 11) is 1.34. The van der Waals surface area contributed by atoms with Gasteiger partial charge in [0.05, 0.1) is 17.9 Å². The normalized spacial score (nSPS) is 13.2. The maximum atomic E-state index is 13.5. The topological polar surface area (TPSA) is 114 Å². The highest BCUT2D eigenvalue weighted by molar-refractivity contribution is 8.00. The van der Waals surface area contributed by atoms with Gasteiger partial charge in [0.15, 0.2) is 0 Å². The van der Waals surface area contributed by atoms with Crippen LogP contribution in [0.2, 0.25) is 0 Å². The first-order valence-electron chi connectivity index (χ1n) is 14.7. The first-order chi connectivity index (χ1) is 22.2. The van der Waals surface area contributed by atoms with Crippen molar-refractivity contribution in [2.24, 2.45) is 0 Å². The van der Waals surface area contributed by atoms with E-state index in [9.17, 15) is 23.6 Å². The molecule has 0 saturated carbocycles. The van der Waals surface area contributed by atoms with E-state index < -0.39 is 28.9 Å². The fourth-order valence-corrected chi connectivity index (χ4v) is 7.16. The quantitative estimate of drug-likeness (QED) is 0.0955. The molecule has 0 aliphatic heterocycles. The van der Waals surface area contributed by atoms with E-state index in [1.165, 1.54) is 60.5 Å². The third-order valence-corrected chi connectivity index (χ3v) is 9.58. The molecule has 1 aliphatic carbocycles. The maximum absolute atomic E-state index is 13.5. The summed E-state index contributed by atoms with van der Waals surface area (Å²) in [5, 5.41) is 8.39. The van der Waals surface area contributed by atoms with E-state index in [1.54, 1.807) is 55.5 Å². The largest absolute Gasteiger partial charge is 0.465 e. The van der Waals surface area contributed by atoms with E-state index in [0.717, 1.165) is 41.0 Å². The molecule has 0 spiro atoms. The first kappa shape index (κ1) is 32.6. The van der Waals surface area contributed by atoms with Crippen LogP contribution in [0.3, 0.4) is 0 Å². The number of hydrogen-bond donors (Lipinski definition) is 3. The third-order valence-electron chi connectivity index (χ3n) is 7.28. The minimum atomic E-state index is -0.585. The number of hydrogen-bond acceptors (Lipinski definition) is 7. The minimum Gasteiger partial charge on any atom is -0.465 e. The molecule has 1 heterocycles. The number of methoxy groups -OCH3 is 1. The standard InChI is InChI=1S/C35H32FN3O5S2/c1-21(31(40)39-34-30(35(43)44-2)27-13-6-7-14-29(27)46-34)45-26-12-8-11-25(20-26)37-33(42)28(19-22-15-17-24(36)18-16-22)38-32(41)23-9-4-3-5-10-23/h3-5,8-12,15-21H,6-7,13-14H2,1-2H3,(H,37,42)(H,38,41)(H,39,40)/b28-19-. The van der Waals surface area contributed by atoms with Crippen LogP contribution < -0.4 is 16.0 Å². The molecule has 1 unspecified atom stereocenters. The van der Waals surface area contributed by atoms with Crippen molar-refractivity contribution >= 4 is 63.6 Å². The van der Waals surface area contributed by atoms with Crippen molar-refractivity contribution in [2.45, 2.75) is 42.8 Å². The summed E-state index contributed by atoms with van der Waals surface area (Å²) >= 11 is 2.72. The smallest absolute Gasteiger partial charge is 0.341 e. The molecule has 3 N–H and O–H groups in total. The molecular formula is C35H32FN3O5S2. The molecule has 236 valence electrons. The zero-order valence-electron chi connectivity index (χ0n) is 25.2. The van der Waals surface area contributed by atoms with Crippen molar-refractivity contribution in [3.05, 3.63) is 118 Å². The average Bonchev–Trinajstić information content (AvgIpc) is 3.43. The van der Waals surface area contributed by atoms with Gasteiger partial charge in [0, 0.05) is 21.0 Å². The van der Waals surface area contributed by atoms with Gasteiger partial charge in [-0.15, -0.1) is 23.1 Å². The molecule has 5 rings (SSSR count). The highest BCUT2D eigenvalue weighted by Crippen LogP contribution is 2.39. The number of thioether (sulfide) groups is 1. The van der Waals surface area contributed by atoms with Crippen LogP contribution in [-0.4, -0.2) is 36.1 Å². The summed E-state index contributed by atoms with van der Waals surface area (Å²) in [6.07, 6.45) is 5.16. The number of rotatable bonds is 10. The second-order valence-corrected chi connectivity index (χ2v) is 13.1. The van der Waals surface area contributed by atoms with E-state index in [4.69, 9.17) is 4.74 Å². The van der Waals surface area contributed by atoms with Crippen LogP contribution in [-0.2, 0) is 27.2 Å². The molecule has 8 nitrogen and oxygen atoms in total. The molecule has 0 radical (unpaired) electrons. The third kappa shape index (κ3) is 8.09. The molecule has 0 saturated heterocycles. The molecular weight excluding hydrogens is 626 g/mol. The number of halogens is 1. The van der Waals surface area contributed by atoms with Crippen molar-refractivity contribution in [1.82, 2.24) is 5.32 Å². The van der Waals surface area contributed by atoms with Crippen molar-refractivity contribution in [2.75, 3.05) is 17.7 Å². The molecule has 4 aromatic rings. The van der Waals surface area contributed by atoms with Gasteiger partial charge < -0.3 is 20.7 Å². The molecule has 0 fully saturated rings. The van der Waals surface area contributed by atoms with Gasteiger partial charge >= 0.3 is 5.97 Å². The number of esters is 1. The maximum Gasteiger partial charge on any atom is 0.341 e. The van der Waals surface area contributed by atoms with E-state index >= 15 is 0 Å². The summed E-state index contributed by atoms with van der Waals surface area (Å²) in [6, 6.07) is 21.0. The highest BCUT2D eigenvalue weighted by Gasteiger charge is 2.28. The van der Waals surface area contributed by atoms with Gasteiger partial charge in [-0.1, -0.05) is 36.4 Å². The highest BCUT2D eigenvalue weighted by atomic mass is 32.2. The summed E-state index contributed by atoms with van der Waals surface area (Å²) in [6.45, 7) is 1.76. The number of thiophene rings is 1. The van der Waals surface area contributed by atoms with Crippen molar-refractivity contribution in [1.29, 1.82) is 0 Å². The number of ether oxygens (including phenoxy) is 1. The molecule has 1 atom stereocenters. The Morgan fingerprint density at radius 2 is 1.67 bits per heavy atom. The zero-order valence-corrected chi connectivity index (χ0v) is 26.9. The number of amides is 3. The van der Waals surface area contributed by atoms with Gasteiger partial charge in [0.25, 0.3) is 11.8 Å². The zero-order chi connectivity index (χ0) is 32.6. The fourth-order valence-electron chi connectivity index (χ4n) is 4.96. The molecule has 1 aliphatic rings. The second kappa shape index (κ2) is 15.0. The monoisotopic (exact) mass is 657 g/mol. The molecule has 3 aromatic carbocycles. The lowest BCUT2D eigenvalue weighted by Gasteiger charge is -2.14. The van der Waals surface area contributed by atoms with Crippen molar-refractivity contribution in [3.8, 4) is 0 Å². The second-order valence-electron chi connectivity index (χ2n) is 10.6. The van der Waals surface area contributed by atoms with Gasteiger partial charge in [-0.25, -0.2) is 9.18 Å². The summed E-state index contributed by atoms with van der Waals surface area (Å²) in [4.78, 5) is 54.0. The van der Waals surface area contributed by atoms with Crippen LogP contribution in [0.5, 0.6) is 0 Å². The van der Waals surface area contributed by atoms with Crippen LogP contribution in [0.4, 0.5) is 15.1 Å². The van der Waals surface area contributed by atoms with Gasteiger partial charge in [-0.05, 0) is 92.3 Å².